The summed E-state index contributed by atoms with van der Waals surface area (Å²) in [4.78, 5) is 35.4. The first-order valence-electron chi connectivity index (χ1n) is 13.5. The second kappa shape index (κ2) is 10.8. The number of halogens is 3. The molecule has 0 bridgehead atoms. The smallest absolute Gasteiger partial charge is 0.350 e. The van der Waals surface area contributed by atoms with E-state index in [-0.39, 0.29) is 41.2 Å². The Kier molecular flexibility index (Phi) is 7.30. The molecule has 0 saturated carbocycles. The minimum atomic E-state index is -0.846. The highest BCUT2D eigenvalue weighted by Gasteiger charge is 2.35. The molecule has 0 N–H and O–H groups in total. The van der Waals surface area contributed by atoms with Crippen molar-refractivity contribution in [3.05, 3.63) is 76.0 Å². The predicted octanol–water partition coefficient (Wildman–Crippen LogP) is 4.85. The molecule has 2 aliphatic heterocycles. The van der Waals surface area contributed by atoms with Crippen LogP contribution in [-0.2, 0) is 11.3 Å². The SMILES string of the molecule is C=CC(=O)N1[C@H](C)CN(c2nc(=O)n3c4c(c(-c5cc(Cl)c(F)cc5F)c(C)cc24)SCC(n2ccnn2)C3)C[C@@H]1C. The molecule has 2 aromatic heterocycles. The summed E-state index contributed by atoms with van der Waals surface area (Å²) in [7, 11) is 0. The van der Waals surface area contributed by atoms with Crippen molar-refractivity contribution >= 4 is 46.0 Å². The lowest BCUT2D eigenvalue weighted by Crippen LogP contribution is -2.58. The van der Waals surface area contributed by atoms with Crippen LogP contribution in [0.2, 0.25) is 5.02 Å². The molecule has 1 amide bonds. The third-order valence-electron chi connectivity index (χ3n) is 7.95. The van der Waals surface area contributed by atoms with Crippen molar-refractivity contribution < 1.29 is 13.6 Å². The Morgan fingerprint density at radius 1 is 1.14 bits per heavy atom. The Balaban J connectivity index is 1.59. The zero-order valence-corrected chi connectivity index (χ0v) is 24.8. The van der Waals surface area contributed by atoms with Gasteiger partial charge in [-0.05, 0) is 44.5 Å². The summed E-state index contributed by atoms with van der Waals surface area (Å²) >= 11 is 7.59. The number of benzene rings is 2. The van der Waals surface area contributed by atoms with E-state index in [0.717, 1.165) is 17.0 Å². The number of thioether (sulfide) groups is 1. The molecule has 0 spiro atoms. The molecule has 2 aromatic carbocycles. The fourth-order valence-electron chi connectivity index (χ4n) is 6.17. The van der Waals surface area contributed by atoms with Gasteiger partial charge in [-0.3, -0.25) is 9.36 Å². The molecule has 0 radical (unpaired) electrons. The lowest BCUT2D eigenvalue weighted by molar-refractivity contribution is -0.130. The van der Waals surface area contributed by atoms with Gasteiger partial charge in [0.05, 0.1) is 29.3 Å². The van der Waals surface area contributed by atoms with E-state index in [1.165, 1.54) is 23.9 Å². The van der Waals surface area contributed by atoms with Crippen molar-refractivity contribution in [1.82, 2.24) is 29.4 Å². The predicted molar refractivity (Wildman–Crippen MR) is 159 cm³/mol. The van der Waals surface area contributed by atoms with Crippen LogP contribution in [0.4, 0.5) is 14.6 Å². The van der Waals surface area contributed by atoms with Gasteiger partial charge < -0.3 is 9.80 Å². The fourth-order valence-corrected chi connectivity index (χ4v) is 7.73. The number of carbonyl (C=O) groups is 1. The van der Waals surface area contributed by atoms with Gasteiger partial charge in [-0.15, -0.1) is 16.9 Å². The van der Waals surface area contributed by atoms with Gasteiger partial charge in [0.25, 0.3) is 0 Å². The van der Waals surface area contributed by atoms with E-state index in [9.17, 15) is 14.0 Å². The number of rotatable bonds is 4. The van der Waals surface area contributed by atoms with Gasteiger partial charge in [-0.1, -0.05) is 23.4 Å². The molecular formula is C29H28ClF2N7O2S. The second-order valence-electron chi connectivity index (χ2n) is 10.8. The highest BCUT2D eigenvalue weighted by Crippen LogP contribution is 2.46. The van der Waals surface area contributed by atoms with Crippen molar-refractivity contribution in [2.75, 3.05) is 23.7 Å². The third kappa shape index (κ3) is 4.66. The van der Waals surface area contributed by atoms with E-state index in [0.29, 0.717) is 40.6 Å². The van der Waals surface area contributed by atoms with Crippen LogP contribution in [0.15, 0.2) is 52.9 Å². The van der Waals surface area contributed by atoms with Crippen LogP contribution in [0.25, 0.3) is 22.0 Å². The summed E-state index contributed by atoms with van der Waals surface area (Å²) in [5.74, 6) is -0.724. The van der Waals surface area contributed by atoms with E-state index >= 15 is 4.39 Å². The molecule has 4 aromatic rings. The number of carbonyl (C=O) groups excluding carboxylic acids is 1. The van der Waals surface area contributed by atoms with Crippen molar-refractivity contribution in [3.63, 3.8) is 0 Å². The van der Waals surface area contributed by atoms with Gasteiger partial charge in [-0.2, -0.15) is 4.98 Å². The van der Waals surface area contributed by atoms with Crippen LogP contribution < -0.4 is 10.6 Å². The molecule has 1 fully saturated rings. The first kappa shape index (κ1) is 28.4. The minimum Gasteiger partial charge on any atom is -0.352 e. The standard InChI is InChI=1S/C29H28ClF2N7O2S/c1-5-24(40)39-16(3)11-36(12-17(39)4)28-20-8-15(2)25(19-9-21(30)23(32)10-22(19)31)27-26(20)37(29(41)34-28)13-18(14-42-27)38-7-6-33-35-38/h5-10,16-18H,1,11-14H2,2-4H3/t16-,17+,18?. The van der Waals surface area contributed by atoms with Crippen LogP contribution in [0.5, 0.6) is 0 Å². The molecule has 218 valence electrons. The Labute approximate surface area is 249 Å². The number of hydrogen-bond donors (Lipinski definition) is 0. The minimum absolute atomic E-state index is 0.146. The molecule has 42 heavy (non-hydrogen) atoms. The van der Waals surface area contributed by atoms with Crippen LogP contribution in [0.3, 0.4) is 0 Å². The second-order valence-corrected chi connectivity index (χ2v) is 12.2. The van der Waals surface area contributed by atoms with Crippen LogP contribution in [-0.4, -0.2) is 66.3 Å². The lowest BCUT2D eigenvalue weighted by atomic mass is 9.97. The largest absolute Gasteiger partial charge is 0.352 e. The number of nitrogens with zero attached hydrogens (tertiary/aromatic N) is 7. The average Bonchev–Trinajstić information content (AvgIpc) is 3.41. The summed E-state index contributed by atoms with van der Waals surface area (Å²) in [6.07, 6.45) is 4.63. The number of aryl methyl sites for hydroxylation is 1. The maximum atomic E-state index is 15.3. The highest BCUT2D eigenvalue weighted by atomic mass is 35.5. The first-order chi connectivity index (χ1) is 20.1. The van der Waals surface area contributed by atoms with Crippen LogP contribution >= 0.6 is 23.4 Å². The molecule has 1 unspecified atom stereocenters. The molecular weight excluding hydrogens is 584 g/mol. The molecule has 4 heterocycles. The lowest BCUT2D eigenvalue weighted by Gasteiger charge is -2.44. The summed E-state index contributed by atoms with van der Waals surface area (Å²) in [5.41, 5.74) is 1.57. The highest BCUT2D eigenvalue weighted by molar-refractivity contribution is 7.99. The van der Waals surface area contributed by atoms with Gasteiger partial charge in [0, 0.05) is 64.6 Å². The molecule has 3 atom stereocenters. The first-order valence-corrected chi connectivity index (χ1v) is 14.9. The topological polar surface area (TPSA) is 89.2 Å². The normalized spacial score (nSPS) is 20.6. The van der Waals surface area contributed by atoms with E-state index in [2.05, 4.69) is 21.9 Å². The summed E-state index contributed by atoms with van der Waals surface area (Å²) < 4.78 is 32.8. The summed E-state index contributed by atoms with van der Waals surface area (Å²) in [5, 5.41) is 8.63. The quantitative estimate of drug-likeness (QED) is 0.241. The summed E-state index contributed by atoms with van der Waals surface area (Å²) in [6.45, 7) is 10.6. The monoisotopic (exact) mass is 611 g/mol. The Morgan fingerprint density at radius 2 is 1.88 bits per heavy atom. The average molecular weight is 612 g/mol. The van der Waals surface area contributed by atoms with Crippen LogP contribution in [0, 0.1) is 18.6 Å². The maximum absolute atomic E-state index is 15.3. The van der Waals surface area contributed by atoms with Gasteiger partial charge in [-0.25, -0.2) is 18.3 Å². The number of amides is 1. The third-order valence-corrected chi connectivity index (χ3v) is 9.48. The van der Waals surface area contributed by atoms with E-state index < -0.39 is 17.3 Å². The Bertz CT molecular complexity index is 1780. The molecule has 1 saturated heterocycles. The van der Waals surface area contributed by atoms with Crippen molar-refractivity contribution in [1.29, 1.82) is 0 Å². The molecule has 2 aliphatic rings. The number of anilines is 1. The van der Waals surface area contributed by atoms with Gasteiger partial charge in [0.1, 0.15) is 17.5 Å². The molecule has 13 heteroatoms. The van der Waals surface area contributed by atoms with Crippen LogP contribution in [0.1, 0.15) is 25.5 Å². The molecule has 6 rings (SSSR count). The molecule has 9 nitrogen and oxygen atoms in total. The fraction of sp³-hybridized carbons (Fsp3) is 0.345. The van der Waals surface area contributed by atoms with Crippen molar-refractivity contribution in [3.8, 4) is 11.1 Å². The zero-order chi connectivity index (χ0) is 29.9. The van der Waals surface area contributed by atoms with Gasteiger partial charge >= 0.3 is 5.69 Å². The number of aromatic nitrogens is 5. The van der Waals surface area contributed by atoms with E-state index in [1.807, 2.05) is 31.7 Å². The Hall–Kier alpha value is -3.77. The van der Waals surface area contributed by atoms with Crippen molar-refractivity contribution in [2.45, 2.75) is 50.3 Å². The molecule has 0 aliphatic carbocycles. The zero-order valence-electron chi connectivity index (χ0n) is 23.2. The van der Waals surface area contributed by atoms with Gasteiger partial charge in [0.15, 0.2) is 0 Å². The van der Waals surface area contributed by atoms with Gasteiger partial charge in [0.2, 0.25) is 5.91 Å². The van der Waals surface area contributed by atoms with E-state index in [1.54, 1.807) is 26.5 Å². The maximum Gasteiger partial charge on any atom is 0.350 e. The number of hydrogen-bond acceptors (Lipinski definition) is 7. The Morgan fingerprint density at radius 3 is 2.55 bits per heavy atom. The van der Waals surface area contributed by atoms with E-state index in [4.69, 9.17) is 11.6 Å². The van der Waals surface area contributed by atoms with Crippen molar-refractivity contribution in [2.24, 2.45) is 0 Å². The number of piperazine rings is 1. The summed E-state index contributed by atoms with van der Waals surface area (Å²) in [6, 6.07) is 3.43.